The molecular formula is C8H6ClF5N2O. The van der Waals surface area contributed by atoms with Crippen molar-refractivity contribution in [1.82, 2.24) is 9.97 Å². The highest BCUT2D eigenvalue weighted by molar-refractivity contribution is 6.30. The SMILES string of the molecule is Cc1c(Cl)ncnc1OCC(F)(F)C(F)(F)F. The molecule has 3 nitrogen and oxygen atoms in total. The van der Waals surface area contributed by atoms with Gasteiger partial charge in [-0.05, 0) is 6.92 Å². The minimum Gasteiger partial charge on any atom is -0.471 e. The molecule has 1 aromatic rings. The van der Waals surface area contributed by atoms with Crippen LogP contribution in [0, 0.1) is 6.92 Å². The molecule has 0 bridgehead atoms. The van der Waals surface area contributed by atoms with Crippen LogP contribution in [0.15, 0.2) is 6.33 Å². The van der Waals surface area contributed by atoms with Crippen molar-refractivity contribution in [3.05, 3.63) is 17.0 Å². The molecule has 1 heterocycles. The molecule has 0 amide bonds. The molecule has 0 aliphatic rings. The Kier molecular flexibility index (Phi) is 3.75. The van der Waals surface area contributed by atoms with Gasteiger partial charge in [-0.3, -0.25) is 0 Å². The van der Waals surface area contributed by atoms with Gasteiger partial charge in [0.1, 0.15) is 11.5 Å². The first kappa shape index (κ1) is 13.9. The first-order valence-corrected chi connectivity index (χ1v) is 4.57. The van der Waals surface area contributed by atoms with E-state index < -0.39 is 24.6 Å². The number of rotatable bonds is 3. The summed E-state index contributed by atoms with van der Waals surface area (Å²) in [5, 5.41) is -0.0784. The van der Waals surface area contributed by atoms with Crippen molar-refractivity contribution in [2.75, 3.05) is 6.61 Å². The normalized spacial score (nSPS) is 12.6. The molecular weight excluding hydrogens is 271 g/mol. The third-order valence-electron chi connectivity index (χ3n) is 1.78. The van der Waals surface area contributed by atoms with E-state index in [1.807, 2.05) is 0 Å². The molecule has 0 aliphatic carbocycles. The zero-order valence-electron chi connectivity index (χ0n) is 8.35. The summed E-state index contributed by atoms with van der Waals surface area (Å²) in [6, 6.07) is 0. The fourth-order valence-electron chi connectivity index (χ4n) is 0.800. The molecule has 0 saturated heterocycles. The fourth-order valence-corrected chi connectivity index (χ4v) is 0.925. The van der Waals surface area contributed by atoms with Crippen LogP contribution in [0.3, 0.4) is 0 Å². The maximum absolute atomic E-state index is 12.5. The van der Waals surface area contributed by atoms with Gasteiger partial charge < -0.3 is 4.74 Å². The minimum absolute atomic E-state index is 0.0784. The highest BCUT2D eigenvalue weighted by Crippen LogP contribution is 2.36. The Balaban J connectivity index is 2.78. The van der Waals surface area contributed by atoms with E-state index in [2.05, 4.69) is 14.7 Å². The number of ether oxygens (including phenoxy) is 1. The monoisotopic (exact) mass is 276 g/mol. The summed E-state index contributed by atoms with van der Waals surface area (Å²) >= 11 is 5.51. The lowest BCUT2D eigenvalue weighted by molar-refractivity contribution is -0.290. The average molecular weight is 277 g/mol. The first-order chi connectivity index (χ1) is 7.65. The van der Waals surface area contributed by atoms with Crippen LogP contribution in [-0.4, -0.2) is 28.7 Å². The molecule has 0 fully saturated rings. The highest BCUT2D eigenvalue weighted by atomic mass is 35.5. The van der Waals surface area contributed by atoms with Gasteiger partial charge >= 0.3 is 12.1 Å². The zero-order chi connectivity index (χ0) is 13.3. The summed E-state index contributed by atoms with van der Waals surface area (Å²) in [6.07, 6.45) is -4.77. The number of nitrogens with zero attached hydrogens (tertiary/aromatic N) is 2. The van der Waals surface area contributed by atoms with Crippen molar-refractivity contribution in [1.29, 1.82) is 0 Å². The van der Waals surface area contributed by atoms with Crippen LogP contribution in [0.1, 0.15) is 5.56 Å². The second-order valence-corrected chi connectivity index (χ2v) is 3.44. The van der Waals surface area contributed by atoms with Gasteiger partial charge in [0.05, 0.1) is 0 Å². The molecule has 1 aromatic heterocycles. The maximum atomic E-state index is 12.5. The van der Waals surface area contributed by atoms with Crippen molar-refractivity contribution in [2.24, 2.45) is 0 Å². The Morgan fingerprint density at radius 2 is 1.82 bits per heavy atom. The maximum Gasteiger partial charge on any atom is 0.456 e. The second-order valence-electron chi connectivity index (χ2n) is 3.09. The molecule has 17 heavy (non-hydrogen) atoms. The Morgan fingerprint density at radius 1 is 1.24 bits per heavy atom. The number of aromatic nitrogens is 2. The Bertz CT molecular complexity index is 409. The highest BCUT2D eigenvalue weighted by Gasteiger charge is 2.58. The van der Waals surface area contributed by atoms with Gasteiger partial charge in [0.2, 0.25) is 5.88 Å². The zero-order valence-corrected chi connectivity index (χ0v) is 9.11. The van der Waals surface area contributed by atoms with Crippen molar-refractivity contribution < 1.29 is 26.7 Å². The van der Waals surface area contributed by atoms with E-state index in [0.29, 0.717) is 0 Å². The molecule has 0 saturated carbocycles. The molecule has 96 valence electrons. The van der Waals surface area contributed by atoms with E-state index in [9.17, 15) is 22.0 Å². The van der Waals surface area contributed by atoms with Crippen LogP contribution in [0.5, 0.6) is 5.88 Å². The Morgan fingerprint density at radius 3 is 2.35 bits per heavy atom. The van der Waals surface area contributed by atoms with Gasteiger partial charge in [-0.2, -0.15) is 22.0 Å². The van der Waals surface area contributed by atoms with Crippen molar-refractivity contribution >= 4 is 11.6 Å². The summed E-state index contributed by atoms with van der Waals surface area (Å²) in [4.78, 5) is 6.90. The summed E-state index contributed by atoms with van der Waals surface area (Å²) in [5.74, 6) is -5.36. The Labute approximate surface area is 97.6 Å². The van der Waals surface area contributed by atoms with Crippen molar-refractivity contribution in [3.8, 4) is 5.88 Å². The summed E-state index contributed by atoms with van der Waals surface area (Å²) in [6.45, 7) is -0.520. The van der Waals surface area contributed by atoms with Gasteiger partial charge in [0, 0.05) is 5.56 Å². The standard InChI is InChI=1S/C8H6ClF5N2O/c1-4-5(9)15-3-16-6(4)17-2-7(10,11)8(12,13)14/h3H,2H2,1H3. The van der Waals surface area contributed by atoms with Crippen LogP contribution in [0.25, 0.3) is 0 Å². The smallest absolute Gasteiger partial charge is 0.456 e. The minimum atomic E-state index is -5.67. The number of halogens is 6. The predicted octanol–water partition coefficient (Wildman–Crippen LogP) is 3.01. The van der Waals surface area contributed by atoms with Gasteiger partial charge in [-0.25, -0.2) is 9.97 Å². The van der Waals surface area contributed by atoms with Gasteiger partial charge in [0.25, 0.3) is 0 Å². The molecule has 0 aliphatic heterocycles. The molecule has 0 atom stereocenters. The van der Waals surface area contributed by atoms with E-state index in [-0.39, 0.29) is 10.7 Å². The van der Waals surface area contributed by atoms with E-state index in [1.165, 1.54) is 6.92 Å². The van der Waals surface area contributed by atoms with Crippen LogP contribution < -0.4 is 4.74 Å². The lowest BCUT2D eigenvalue weighted by atomic mass is 10.3. The van der Waals surface area contributed by atoms with Gasteiger partial charge in [-0.1, -0.05) is 11.6 Å². The van der Waals surface area contributed by atoms with Crippen LogP contribution in [0.2, 0.25) is 5.15 Å². The lowest BCUT2D eigenvalue weighted by Crippen LogP contribution is -2.41. The predicted molar refractivity (Wildman–Crippen MR) is 48.3 cm³/mol. The van der Waals surface area contributed by atoms with E-state index in [1.54, 1.807) is 0 Å². The molecule has 0 unspecified atom stereocenters. The largest absolute Gasteiger partial charge is 0.471 e. The third kappa shape index (κ3) is 3.15. The molecule has 0 N–H and O–H groups in total. The van der Waals surface area contributed by atoms with Crippen LogP contribution >= 0.6 is 11.6 Å². The fraction of sp³-hybridized carbons (Fsp3) is 0.500. The number of hydrogen-bond acceptors (Lipinski definition) is 3. The number of alkyl halides is 5. The van der Waals surface area contributed by atoms with Crippen LogP contribution in [-0.2, 0) is 0 Å². The third-order valence-corrected chi connectivity index (χ3v) is 2.16. The topological polar surface area (TPSA) is 35.0 Å². The summed E-state index contributed by atoms with van der Waals surface area (Å²) in [7, 11) is 0. The molecule has 0 aromatic carbocycles. The molecule has 9 heteroatoms. The Hall–Kier alpha value is -1.18. The molecule has 1 rings (SSSR count). The van der Waals surface area contributed by atoms with E-state index in [0.717, 1.165) is 6.33 Å². The quantitative estimate of drug-likeness (QED) is 0.629. The second kappa shape index (κ2) is 4.59. The lowest BCUT2D eigenvalue weighted by Gasteiger charge is -2.19. The van der Waals surface area contributed by atoms with Crippen molar-refractivity contribution in [3.63, 3.8) is 0 Å². The average Bonchev–Trinajstić information content (AvgIpc) is 2.18. The van der Waals surface area contributed by atoms with E-state index in [4.69, 9.17) is 11.6 Å². The summed E-state index contributed by atoms with van der Waals surface area (Å²) < 4.78 is 64.8. The van der Waals surface area contributed by atoms with Gasteiger partial charge in [0.15, 0.2) is 6.61 Å². The van der Waals surface area contributed by atoms with Crippen LogP contribution in [0.4, 0.5) is 22.0 Å². The molecule has 0 spiro atoms. The molecule has 0 radical (unpaired) electrons. The summed E-state index contributed by atoms with van der Waals surface area (Å²) in [5.41, 5.74) is 0.0899. The first-order valence-electron chi connectivity index (χ1n) is 4.19. The number of hydrogen-bond donors (Lipinski definition) is 0. The van der Waals surface area contributed by atoms with Gasteiger partial charge in [-0.15, -0.1) is 0 Å². The van der Waals surface area contributed by atoms with Crippen molar-refractivity contribution in [2.45, 2.75) is 19.0 Å². The van der Waals surface area contributed by atoms with E-state index >= 15 is 0 Å².